The van der Waals surface area contributed by atoms with Gasteiger partial charge < -0.3 is 5.73 Å². The first-order chi connectivity index (χ1) is 9.53. The molecule has 1 atom stereocenters. The molecule has 1 aromatic rings. The molecular weight excluding hydrogens is 276 g/mol. The van der Waals surface area contributed by atoms with Crippen LogP contribution in [0.25, 0.3) is 0 Å². The van der Waals surface area contributed by atoms with Gasteiger partial charge in [0.25, 0.3) is 10.2 Å². The van der Waals surface area contributed by atoms with Crippen molar-refractivity contribution in [3.8, 4) is 0 Å². The molecular formula is C13H22N4O2S. The highest BCUT2D eigenvalue weighted by atomic mass is 32.2. The summed E-state index contributed by atoms with van der Waals surface area (Å²) < 4.78 is 28.9. The van der Waals surface area contributed by atoms with Gasteiger partial charge in [0.2, 0.25) is 0 Å². The maximum atomic E-state index is 12.3. The summed E-state index contributed by atoms with van der Waals surface area (Å²) >= 11 is 0. The lowest BCUT2D eigenvalue weighted by Gasteiger charge is -2.31. The van der Waals surface area contributed by atoms with Crippen LogP contribution in [0.1, 0.15) is 31.4 Å². The molecule has 7 heteroatoms. The Bertz CT molecular complexity index is 512. The first-order valence-electron chi connectivity index (χ1n) is 6.90. The van der Waals surface area contributed by atoms with Crippen molar-refractivity contribution in [3.05, 3.63) is 30.1 Å². The molecule has 112 valence electrons. The summed E-state index contributed by atoms with van der Waals surface area (Å²) in [7, 11) is -3.44. The van der Waals surface area contributed by atoms with Gasteiger partial charge in [0, 0.05) is 31.5 Å². The molecule has 1 aliphatic rings. The molecule has 1 aromatic heterocycles. The van der Waals surface area contributed by atoms with Crippen LogP contribution in [0.2, 0.25) is 0 Å². The van der Waals surface area contributed by atoms with Gasteiger partial charge in [-0.1, -0.05) is 0 Å². The van der Waals surface area contributed by atoms with Crippen molar-refractivity contribution in [2.45, 2.75) is 25.8 Å². The van der Waals surface area contributed by atoms with E-state index in [0.29, 0.717) is 25.6 Å². The van der Waals surface area contributed by atoms with Crippen molar-refractivity contribution in [2.24, 2.45) is 11.7 Å². The van der Waals surface area contributed by atoms with E-state index in [4.69, 9.17) is 5.73 Å². The van der Waals surface area contributed by atoms with Gasteiger partial charge >= 0.3 is 0 Å². The highest BCUT2D eigenvalue weighted by Crippen LogP contribution is 2.20. The highest BCUT2D eigenvalue weighted by Gasteiger charge is 2.28. The number of hydrogen-bond acceptors (Lipinski definition) is 4. The van der Waals surface area contributed by atoms with E-state index in [1.54, 1.807) is 12.4 Å². The van der Waals surface area contributed by atoms with Gasteiger partial charge in [0.1, 0.15) is 0 Å². The molecule has 20 heavy (non-hydrogen) atoms. The van der Waals surface area contributed by atoms with Gasteiger partial charge in [-0.3, -0.25) is 4.98 Å². The number of nitrogens with zero attached hydrogens (tertiary/aromatic N) is 2. The molecule has 0 bridgehead atoms. The number of aromatic nitrogens is 1. The SMILES string of the molecule is CC(NS(=O)(=O)N1CCC(CN)CC1)c1ccncc1. The Kier molecular flexibility index (Phi) is 5.09. The van der Waals surface area contributed by atoms with Crippen LogP contribution in [0.5, 0.6) is 0 Å². The topological polar surface area (TPSA) is 88.3 Å². The lowest BCUT2D eigenvalue weighted by atomic mass is 9.99. The van der Waals surface area contributed by atoms with Gasteiger partial charge in [0.15, 0.2) is 0 Å². The molecule has 1 aliphatic heterocycles. The van der Waals surface area contributed by atoms with E-state index in [0.717, 1.165) is 18.4 Å². The van der Waals surface area contributed by atoms with E-state index >= 15 is 0 Å². The van der Waals surface area contributed by atoms with E-state index in [1.807, 2.05) is 19.1 Å². The molecule has 1 saturated heterocycles. The third-order valence-corrected chi connectivity index (χ3v) is 5.47. The predicted molar refractivity (Wildman–Crippen MR) is 78.1 cm³/mol. The molecule has 0 saturated carbocycles. The molecule has 2 heterocycles. The zero-order valence-electron chi connectivity index (χ0n) is 11.7. The van der Waals surface area contributed by atoms with Crippen LogP contribution >= 0.6 is 0 Å². The normalized spacial score (nSPS) is 19.9. The average molecular weight is 298 g/mol. The minimum atomic E-state index is -3.44. The summed E-state index contributed by atoms with van der Waals surface area (Å²) in [5, 5.41) is 0. The summed E-state index contributed by atoms with van der Waals surface area (Å²) in [6.07, 6.45) is 4.99. The maximum Gasteiger partial charge on any atom is 0.279 e. The molecule has 0 aliphatic carbocycles. The van der Waals surface area contributed by atoms with Crippen molar-refractivity contribution < 1.29 is 8.42 Å². The van der Waals surface area contributed by atoms with Crippen LogP contribution in [-0.2, 0) is 10.2 Å². The summed E-state index contributed by atoms with van der Waals surface area (Å²) in [5.41, 5.74) is 6.53. The lowest BCUT2D eigenvalue weighted by Crippen LogP contribution is -2.46. The van der Waals surface area contributed by atoms with Crippen molar-refractivity contribution >= 4 is 10.2 Å². The number of hydrogen-bond donors (Lipinski definition) is 2. The smallest absolute Gasteiger partial charge is 0.279 e. The Morgan fingerprint density at radius 1 is 1.40 bits per heavy atom. The standard InChI is InChI=1S/C13H22N4O2S/c1-11(13-2-6-15-7-3-13)16-20(18,19)17-8-4-12(10-14)5-9-17/h2-3,6-7,11-12,16H,4-5,8-10,14H2,1H3. The third-order valence-electron chi connectivity index (χ3n) is 3.78. The van der Waals surface area contributed by atoms with Crippen LogP contribution in [0.4, 0.5) is 0 Å². The average Bonchev–Trinajstić information content (AvgIpc) is 2.48. The Morgan fingerprint density at radius 3 is 2.55 bits per heavy atom. The van der Waals surface area contributed by atoms with Crippen LogP contribution in [0, 0.1) is 5.92 Å². The van der Waals surface area contributed by atoms with Crippen LogP contribution in [0.3, 0.4) is 0 Å². The number of pyridine rings is 1. The van der Waals surface area contributed by atoms with Gasteiger partial charge in [0.05, 0.1) is 0 Å². The fourth-order valence-electron chi connectivity index (χ4n) is 2.40. The lowest BCUT2D eigenvalue weighted by molar-refractivity contribution is 0.274. The number of rotatable bonds is 5. The molecule has 0 amide bonds. The zero-order chi connectivity index (χ0) is 14.6. The molecule has 0 spiro atoms. The fraction of sp³-hybridized carbons (Fsp3) is 0.615. The first kappa shape index (κ1) is 15.4. The van der Waals surface area contributed by atoms with Crippen molar-refractivity contribution in [3.63, 3.8) is 0 Å². The Balaban J connectivity index is 1.98. The number of nitrogens with one attached hydrogen (secondary N) is 1. The van der Waals surface area contributed by atoms with E-state index in [9.17, 15) is 8.42 Å². The van der Waals surface area contributed by atoms with E-state index in [2.05, 4.69) is 9.71 Å². The monoisotopic (exact) mass is 298 g/mol. The van der Waals surface area contributed by atoms with Crippen molar-refractivity contribution in [1.29, 1.82) is 0 Å². The Morgan fingerprint density at radius 2 is 2.00 bits per heavy atom. The van der Waals surface area contributed by atoms with Gasteiger partial charge in [-0.05, 0) is 49.9 Å². The molecule has 6 nitrogen and oxygen atoms in total. The zero-order valence-corrected chi connectivity index (χ0v) is 12.5. The van der Waals surface area contributed by atoms with Crippen LogP contribution in [-0.4, -0.2) is 37.3 Å². The minimum Gasteiger partial charge on any atom is -0.330 e. The Labute approximate surface area is 120 Å². The molecule has 2 rings (SSSR count). The number of piperidine rings is 1. The van der Waals surface area contributed by atoms with Gasteiger partial charge in [-0.15, -0.1) is 0 Å². The van der Waals surface area contributed by atoms with Gasteiger partial charge in [-0.2, -0.15) is 17.4 Å². The van der Waals surface area contributed by atoms with E-state index in [-0.39, 0.29) is 6.04 Å². The minimum absolute atomic E-state index is 0.268. The number of nitrogens with two attached hydrogens (primary N) is 1. The predicted octanol–water partition coefficient (Wildman–Crippen LogP) is 0.648. The van der Waals surface area contributed by atoms with Crippen LogP contribution in [0.15, 0.2) is 24.5 Å². The highest BCUT2D eigenvalue weighted by molar-refractivity contribution is 7.87. The fourth-order valence-corrected chi connectivity index (χ4v) is 3.83. The van der Waals surface area contributed by atoms with Crippen LogP contribution < -0.4 is 10.5 Å². The summed E-state index contributed by atoms with van der Waals surface area (Å²) in [5.74, 6) is 0.444. The summed E-state index contributed by atoms with van der Waals surface area (Å²) in [6.45, 7) is 3.55. The second-order valence-corrected chi connectivity index (χ2v) is 6.91. The third kappa shape index (κ3) is 3.76. The maximum absolute atomic E-state index is 12.3. The molecule has 1 fully saturated rings. The van der Waals surface area contributed by atoms with Crippen molar-refractivity contribution in [2.75, 3.05) is 19.6 Å². The second kappa shape index (κ2) is 6.62. The Hall–Kier alpha value is -1.02. The summed E-state index contributed by atoms with van der Waals surface area (Å²) in [4.78, 5) is 3.93. The largest absolute Gasteiger partial charge is 0.330 e. The molecule has 3 N–H and O–H groups in total. The molecule has 1 unspecified atom stereocenters. The van der Waals surface area contributed by atoms with E-state index < -0.39 is 10.2 Å². The molecule has 0 aromatic carbocycles. The van der Waals surface area contributed by atoms with Crippen molar-refractivity contribution in [1.82, 2.24) is 14.0 Å². The first-order valence-corrected chi connectivity index (χ1v) is 8.34. The van der Waals surface area contributed by atoms with Gasteiger partial charge in [-0.25, -0.2) is 0 Å². The molecule has 0 radical (unpaired) electrons. The quantitative estimate of drug-likeness (QED) is 0.835. The second-order valence-electron chi connectivity index (χ2n) is 5.20. The van der Waals surface area contributed by atoms with E-state index in [1.165, 1.54) is 4.31 Å². The summed E-state index contributed by atoms with van der Waals surface area (Å²) in [6, 6.07) is 3.36.